The molecule has 0 aliphatic carbocycles. The predicted molar refractivity (Wildman–Crippen MR) is 144 cm³/mol. The Morgan fingerprint density at radius 2 is 1.66 bits per heavy atom. The van der Waals surface area contributed by atoms with E-state index in [1.54, 1.807) is 46.0 Å². The summed E-state index contributed by atoms with van der Waals surface area (Å²) < 4.78 is 40.1. The number of ether oxygens (including phenoxy) is 2. The summed E-state index contributed by atoms with van der Waals surface area (Å²) in [6.45, 7) is 5.56. The van der Waals surface area contributed by atoms with Crippen molar-refractivity contribution in [3.63, 3.8) is 0 Å². The number of amides is 1. The molecule has 0 unspecified atom stereocenters. The second kappa shape index (κ2) is 10.9. The molecule has 198 valence electrons. The number of halogens is 2. The second-order valence-corrected chi connectivity index (χ2v) is 10.8. The van der Waals surface area contributed by atoms with E-state index in [1.165, 1.54) is 35.9 Å². The zero-order valence-electron chi connectivity index (χ0n) is 21.7. The number of rotatable bonds is 6. The molecule has 0 N–H and O–H groups in total. The third kappa shape index (κ3) is 6.16. The molecule has 9 heteroatoms. The highest BCUT2D eigenvalue weighted by Crippen LogP contribution is 2.38. The van der Waals surface area contributed by atoms with Crippen LogP contribution in [0.15, 0.2) is 76.7 Å². The molecule has 3 aromatic carbocycles. The van der Waals surface area contributed by atoms with Crippen LogP contribution in [0.3, 0.4) is 0 Å². The van der Waals surface area contributed by atoms with Gasteiger partial charge >= 0.3 is 12.1 Å². The van der Waals surface area contributed by atoms with Gasteiger partial charge in [0.2, 0.25) is 0 Å². The number of methoxy groups -OCH3 is 1. The molecular formula is C29H28F2N2O4S. The van der Waals surface area contributed by atoms with E-state index >= 15 is 0 Å². The standard InChI is InChI=1S/C29H28F2N2O4S/c1-29(2,3)37-28(35)32(4)21-10-11-22-24(15-21)33(16-18-12-19(30)14-20(31)13-18)17-26(22)38-25-9-7-6-8-23(25)27(34)36-5/h6-15,17H,16H2,1-5H3. The number of nitrogens with zero attached hydrogens (tertiary/aromatic N) is 2. The summed E-state index contributed by atoms with van der Waals surface area (Å²) in [6, 6.07) is 16.0. The van der Waals surface area contributed by atoms with E-state index in [-0.39, 0.29) is 6.54 Å². The van der Waals surface area contributed by atoms with Crippen LogP contribution >= 0.6 is 11.8 Å². The van der Waals surface area contributed by atoms with Crippen molar-refractivity contribution in [1.82, 2.24) is 4.57 Å². The van der Waals surface area contributed by atoms with Crippen molar-refractivity contribution in [1.29, 1.82) is 0 Å². The first-order chi connectivity index (χ1) is 17.9. The molecule has 0 saturated heterocycles. The summed E-state index contributed by atoms with van der Waals surface area (Å²) in [5, 5.41) is 0.841. The molecular weight excluding hydrogens is 510 g/mol. The lowest BCUT2D eigenvalue weighted by atomic mass is 10.2. The fourth-order valence-electron chi connectivity index (χ4n) is 3.95. The average Bonchev–Trinajstić information content (AvgIpc) is 3.17. The number of carbonyl (C=O) groups excluding carboxylic acids is 2. The Labute approximate surface area is 224 Å². The SMILES string of the molecule is COC(=O)c1ccccc1Sc1cn(Cc2cc(F)cc(F)c2)c2cc(N(C)C(=O)OC(C)(C)C)ccc12. The molecule has 0 saturated carbocycles. The summed E-state index contributed by atoms with van der Waals surface area (Å²) >= 11 is 1.38. The summed E-state index contributed by atoms with van der Waals surface area (Å²) in [6.07, 6.45) is 1.35. The molecule has 0 bridgehead atoms. The molecule has 0 aliphatic heterocycles. The van der Waals surface area contributed by atoms with E-state index in [1.807, 2.05) is 35.0 Å². The number of carbonyl (C=O) groups is 2. The summed E-state index contributed by atoms with van der Waals surface area (Å²) in [5.41, 5.74) is 1.53. The van der Waals surface area contributed by atoms with Gasteiger partial charge in [-0.1, -0.05) is 23.9 Å². The van der Waals surface area contributed by atoms with Crippen molar-refractivity contribution in [2.24, 2.45) is 0 Å². The number of hydrogen-bond donors (Lipinski definition) is 0. The van der Waals surface area contributed by atoms with Crippen LogP contribution in [0, 0.1) is 11.6 Å². The van der Waals surface area contributed by atoms with Gasteiger partial charge in [0.15, 0.2) is 0 Å². The average molecular weight is 539 g/mol. The van der Waals surface area contributed by atoms with Crippen molar-refractivity contribution in [3.05, 3.63) is 89.6 Å². The minimum atomic E-state index is -0.664. The van der Waals surface area contributed by atoms with Crippen LogP contribution in [-0.2, 0) is 16.0 Å². The van der Waals surface area contributed by atoms with Crippen LogP contribution < -0.4 is 4.90 Å². The number of aromatic nitrogens is 1. The maximum atomic E-state index is 13.9. The number of hydrogen-bond acceptors (Lipinski definition) is 5. The minimum Gasteiger partial charge on any atom is -0.465 e. The van der Waals surface area contributed by atoms with E-state index in [9.17, 15) is 18.4 Å². The van der Waals surface area contributed by atoms with Crippen LogP contribution in [0.25, 0.3) is 10.9 Å². The summed E-state index contributed by atoms with van der Waals surface area (Å²) in [4.78, 5) is 27.9. The van der Waals surface area contributed by atoms with Gasteiger partial charge in [-0.25, -0.2) is 18.4 Å². The molecule has 4 aromatic rings. The zero-order chi connectivity index (χ0) is 27.6. The van der Waals surface area contributed by atoms with Crippen LogP contribution in [0.4, 0.5) is 19.3 Å². The lowest BCUT2D eigenvalue weighted by Gasteiger charge is -2.24. The largest absolute Gasteiger partial charge is 0.465 e. The van der Waals surface area contributed by atoms with Crippen molar-refractivity contribution < 1.29 is 27.8 Å². The third-order valence-corrected chi connectivity index (χ3v) is 6.79. The Balaban J connectivity index is 1.80. The smallest absolute Gasteiger partial charge is 0.414 e. The number of benzene rings is 3. The van der Waals surface area contributed by atoms with Gasteiger partial charge in [0.25, 0.3) is 0 Å². The molecule has 0 aliphatic rings. The predicted octanol–water partition coefficient (Wildman–Crippen LogP) is 7.28. The number of fused-ring (bicyclic) bond motifs is 1. The molecule has 38 heavy (non-hydrogen) atoms. The second-order valence-electron chi connectivity index (χ2n) is 9.73. The Hall–Kier alpha value is -3.85. The Bertz CT molecular complexity index is 1490. The van der Waals surface area contributed by atoms with Crippen molar-refractivity contribution in [2.45, 2.75) is 42.7 Å². The van der Waals surface area contributed by atoms with Crippen LogP contribution in [-0.4, -0.2) is 36.4 Å². The maximum Gasteiger partial charge on any atom is 0.414 e. The van der Waals surface area contributed by atoms with Crippen molar-refractivity contribution >= 4 is 40.4 Å². The van der Waals surface area contributed by atoms with E-state index in [0.29, 0.717) is 21.7 Å². The Morgan fingerprint density at radius 3 is 2.32 bits per heavy atom. The Kier molecular flexibility index (Phi) is 7.78. The van der Waals surface area contributed by atoms with Gasteiger partial charge in [0.05, 0.1) is 18.2 Å². The lowest BCUT2D eigenvalue weighted by molar-refractivity contribution is 0.0582. The molecule has 4 rings (SSSR count). The van der Waals surface area contributed by atoms with Crippen LogP contribution in [0.1, 0.15) is 36.7 Å². The molecule has 0 fully saturated rings. The topological polar surface area (TPSA) is 60.8 Å². The highest BCUT2D eigenvalue weighted by molar-refractivity contribution is 7.99. The molecule has 0 spiro atoms. The van der Waals surface area contributed by atoms with Gasteiger partial charge in [-0.2, -0.15) is 0 Å². The highest BCUT2D eigenvalue weighted by atomic mass is 32.2. The quantitative estimate of drug-likeness (QED) is 0.242. The highest BCUT2D eigenvalue weighted by Gasteiger charge is 2.22. The van der Waals surface area contributed by atoms with E-state index < -0.39 is 29.3 Å². The van der Waals surface area contributed by atoms with Gasteiger partial charge in [-0.3, -0.25) is 4.90 Å². The van der Waals surface area contributed by atoms with Gasteiger partial charge in [-0.05, 0) is 68.8 Å². The first-order valence-electron chi connectivity index (χ1n) is 11.8. The molecule has 1 heterocycles. The fourth-order valence-corrected chi connectivity index (χ4v) is 5.06. The first kappa shape index (κ1) is 27.2. The molecule has 1 amide bonds. The fraction of sp³-hybridized carbons (Fsp3) is 0.241. The third-order valence-electron chi connectivity index (χ3n) is 5.67. The molecule has 0 radical (unpaired) electrons. The van der Waals surface area contributed by atoms with Crippen molar-refractivity contribution in [2.75, 3.05) is 19.1 Å². The van der Waals surface area contributed by atoms with Gasteiger partial charge < -0.3 is 14.0 Å². The van der Waals surface area contributed by atoms with E-state index in [0.717, 1.165) is 21.9 Å². The summed E-state index contributed by atoms with van der Waals surface area (Å²) in [7, 11) is 2.95. The summed E-state index contributed by atoms with van der Waals surface area (Å²) in [5.74, 6) is -1.78. The monoisotopic (exact) mass is 538 g/mol. The Morgan fingerprint density at radius 1 is 0.974 bits per heavy atom. The molecule has 1 aromatic heterocycles. The van der Waals surface area contributed by atoms with Gasteiger partial charge in [0, 0.05) is 46.7 Å². The van der Waals surface area contributed by atoms with E-state index in [4.69, 9.17) is 9.47 Å². The van der Waals surface area contributed by atoms with Gasteiger partial charge in [0.1, 0.15) is 17.2 Å². The zero-order valence-corrected chi connectivity index (χ0v) is 22.6. The minimum absolute atomic E-state index is 0.185. The number of esters is 1. The van der Waals surface area contributed by atoms with Crippen molar-refractivity contribution in [3.8, 4) is 0 Å². The normalized spacial score (nSPS) is 11.4. The maximum absolute atomic E-state index is 13.9. The lowest BCUT2D eigenvalue weighted by Crippen LogP contribution is -2.34. The van der Waals surface area contributed by atoms with Crippen LogP contribution in [0.2, 0.25) is 0 Å². The van der Waals surface area contributed by atoms with E-state index in [2.05, 4.69) is 0 Å². The van der Waals surface area contributed by atoms with Gasteiger partial charge in [-0.15, -0.1) is 0 Å². The number of anilines is 1. The molecule has 0 atom stereocenters. The van der Waals surface area contributed by atoms with Crippen LogP contribution in [0.5, 0.6) is 0 Å². The molecule has 6 nitrogen and oxygen atoms in total. The first-order valence-corrected chi connectivity index (χ1v) is 12.7.